The minimum Gasteiger partial charge on any atom is -0.310 e. The highest BCUT2D eigenvalue weighted by Crippen LogP contribution is 2.15. The number of hydrogen-bond donors (Lipinski definition) is 1. The molecule has 1 aromatic carbocycles. The van der Waals surface area contributed by atoms with Crippen molar-refractivity contribution in [1.82, 2.24) is 5.32 Å². The summed E-state index contributed by atoms with van der Waals surface area (Å²) < 4.78 is 12.7. The molecule has 3 heteroatoms. The van der Waals surface area contributed by atoms with Crippen molar-refractivity contribution in [3.8, 4) is 0 Å². The second-order valence-electron chi connectivity index (χ2n) is 3.28. The Bertz CT molecular complexity index is 286. The lowest BCUT2D eigenvalue weighted by Crippen LogP contribution is -2.21. The molecule has 0 atom stereocenters. The van der Waals surface area contributed by atoms with E-state index in [2.05, 4.69) is 19.2 Å². The van der Waals surface area contributed by atoms with E-state index in [1.165, 1.54) is 6.07 Å². The van der Waals surface area contributed by atoms with Crippen molar-refractivity contribution in [2.75, 3.05) is 0 Å². The molecule has 0 saturated heterocycles. The Morgan fingerprint density at radius 3 is 2.69 bits per heavy atom. The quantitative estimate of drug-likeness (QED) is 0.793. The maximum absolute atomic E-state index is 12.7. The van der Waals surface area contributed by atoms with Gasteiger partial charge >= 0.3 is 0 Å². The summed E-state index contributed by atoms with van der Waals surface area (Å²) in [6.07, 6.45) is 0. The van der Waals surface area contributed by atoms with Crippen LogP contribution in [0.2, 0.25) is 5.02 Å². The van der Waals surface area contributed by atoms with Gasteiger partial charge in [-0.3, -0.25) is 0 Å². The van der Waals surface area contributed by atoms with Gasteiger partial charge in [-0.25, -0.2) is 4.39 Å². The first-order valence-electron chi connectivity index (χ1n) is 4.27. The highest BCUT2D eigenvalue weighted by atomic mass is 35.5. The van der Waals surface area contributed by atoms with Gasteiger partial charge in [-0.2, -0.15) is 0 Å². The third kappa shape index (κ3) is 3.33. The predicted molar refractivity (Wildman–Crippen MR) is 53.4 cm³/mol. The van der Waals surface area contributed by atoms with Crippen molar-refractivity contribution in [3.63, 3.8) is 0 Å². The van der Waals surface area contributed by atoms with Gasteiger partial charge in [0.25, 0.3) is 0 Å². The van der Waals surface area contributed by atoms with Crippen LogP contribution in [-0.4, -0.2) is 6.04 Å². The molecule has 1 N–H and O–H groups in total. The molecule has 1 rings (SSSR count). The summed E-state index contributed by atoms with van der Waals surface area (Å²) in [5.41, 5.74) is 1.00. The van der Waals surface area contributed by atoms with Gasteiger partial charge in [-0.1, -0.05) is 31.5 Å². The van der Waals surface area contributed by atoms with Crippen molar-refractivity contribution in [1.29, 1.82) is 0 Å². The molecule has 0 aromatic heterocycles. The Morgan fingerprint density at radius 1 is 1.46 bits per heavy atom. The fourth-order valence-corrected chi connectivity index (χ4v) is 1.17. The Hall–Kier alpha value is -0.600. The maximum atomic E-state index is 12.7. The second-order valence-corrected chi connectivity index (χ2v) is 3.69. The first-order chi connectivity index (χ1) is 6.09. The molecule has 1 aromatic rings. The number of hydrogen-bond acceptors (Lipinski definition) is 1. The first-order valence-corrected chi connectivity index (χ1v) is 4.64. The number of benzene rings is 1. The molecule has 0 spiro atoms. The molecule has 0 unspecified atom stereocenters. The normalized spacial score (nSPS) is 10.8. The van der Waals surface area contributed by atoms with Crippen LogP contribution in [0.25, 0.3) is 0 Å². The van der Waals surface area contributed by atoms with Crippen LogP contribution in [0.15, 0.2) is 18.2 Å². The fourth-order valence-electron chi connectivity index (χ4n) is 0.972. The second kappa shape index (κ2) is 4.58. The molecule has 72 valence electrons. The van der Waals surface area contributed by atoms with Gasteiger partial charge in [-0.15, -0.1) is 0 Å². The molecule has 13 heavy (non-hydrogen) atoms. The van der Waals surface area contributed by atoms with E-state index in [-0.39, 0.29) is 10.8 Å². The van der Waals surface area contributed by atoms with Gasteiger partial charge in [-0.05, 0) is 17.7 Å². The summed E-state index contributed by atoms with van der Waals surface area (Å²) >= 11 is 5.63. The maximum Gasteiger partial charge on any atom is 0.141 e. The van der Waals surface area contributed by atoms with E-state index in [0.717, 1.165) is 12.1 Å². The van der Waals surface area contributed by atoms with Crippen molar-refractivity contribution in [2.24, 2.45) is 0 Å². The van der Waals surface area contributed by atoms with Crippen molar-refractivity contribution < 1.29 is 4.39 Å². The smallest absolute Gasteiger partial charge is 0.141 e. The SMILES string of the molecule is CC(C)NCc1ccc(F)c(Cl)c1. The average molecular weight is 202 g/mol. The molecule has 0 bridgehead atoms. The molecule has 0 heterocycles. The van der Waals surface area contributed by atoms with E-state index in [1.54, 1.807) is 12.1 Å². The molecule has 0 aliphatic rings. The summed E-state index contributed by atoms with van der Waals surface area (Å²) in [4.78, 5) is 0. The van der Waals surface area contributed by atoms with E-state index in [4.69, 9.17) is 11.6 Å². The van der Waals surface area contributed by atoms with E-state index in [0.29, 0.717) is 6.04 Å². The van der Waals surface area contributed by atoms with Gasteiger partial charge in [0, 0.05) is 12.6 Å². The third-order valence-corrected chi connectivity index (χ3v) is 1.99. The van der Waals surface area contributed by atoms with Crippen molar-refractivity contribution in [3.05, 3.63) is 34.6 Å². The Labute approximate surface area is 82.9 Å². The summed E-state index contributed by atoms with van der Waals surface area (Å²) in [5.74, 6) is -0.366. The van der Waals surface area contributed by atoms with Gasteiger partial charge in [0.1, 0.15) is 5.82 Å². The topological polar surface area (TPSA) is 12.0 Å². The van der Waals surface area contributed by atoms with Crippen LogP contribution in [-0.2, 0) is 6.54 Å². The van der Waals surface area contributed by atoms with Crippen LogP contribution in [0.1, 0.15) is 19.4 Å². The van der Waals surface area contributed by atoms with Gasteiger partial charge in [0.15, 0.2) is 0 Å². The van der Waals surface area contributed by atoms with Crippen LogP contribution in [0.4, 0.5) is 4.39 Å². The van der Waals surface area contributed by atoms with Crippen LogP contribution in [0, 0.1) is 5.82 Å². The molecule has 0 fully saturated rings. The highest BCUT2D eigenvalue weighted by Gasteiger charge is 2.00. The zero-order valence-corrected chi connectivity index (χ0v) is 8.53. The Morgan fingerprint density at radius 2 is 2.15 bits per heavy atom. The highest BCUT2D eigenvalue weighted by molar-refractivity contribution is 6.30. The minimum absolute atomic E-state index is 0.183. The number of rotatable bonds is 3. The van der Waals surface area contributed by atoms with E-state index in [9.17, 15) is 4.39 Å². The molecule has 0 saturated carbocycles. The van der Waals surface area contributed by atoms with Crippen LogP contribution < -0.4 is 5.32 Å². The molecule has 0 radical (unpaired) electrons. The molecular weight excluding hydrogens is 189 g/mol. The van der Waals surface area contributed by atoms with E-state index < -0.39 is 0 Å². The lowest BCUT2D eigenvalue weighted by molar-refractivity contribution is 0.586. The summed E-state index contributed by atoms with van der Waals surface area (Å²) in [6, 6.07) is 5.19. The predicted octanol–water partition coefficient (Wildman–Crippen LogP) is 2.98. The lowest BCUT2D eigenvalue weighted by Gasteiger charge is -2.08. The summed E-state index contributed by atoms with van der Waals surface area (Å²) in [6.45, 7) is 4.84. The molecule has 0 aliphatic carbocycles. The molecular formula is C10H13ClFN. The fraction of sp³-hybridized carbons (Fsp3) is 0.400. The van der Waals surface area contributed by atoms with Crippen molar-refractivity contribution >= 4 is 11.6 Å². The third-order valence-electron chi connectivity index (χ3n) is 1.70. The number of nitrogens with one attached hydrogen (secondary N) is 1. The lowest BCUT2D eigenvalue weighted by atomic mass is 10.2. The number of halogens is 2. The largest absolute Gasteiger partial charge is 0.310 e. The van der Waals surface area contributed by atoms with Crippen LogP contribution in [0.5, 0.6) is 0 Å². The first kappa shape index (κ1) is 10.5. The van der Waals surface area contributed by atoms with E-state index in [1.807, 2.05) is 0 Å². The standard InChI is InChI=1S/C10H13ClFN/c1-7(2)13-6-8-3-4-10(12)9(11)5-8/h3-5,7,13H,6H2,1-2H3. The molecule has 1 nitrogen and oxygen atoms in total. The molecule has 0 aliphatic heterocycles. The van der Waals surface area contributed by atoms with Crippen molar-refractivity contribution in [2.45, 2.75) is 26.4 Å². The summed E-state index contributed by atoms with van der Waals surface area (Å²) in [5, 5.41) is 3.41. The van der Waals surface area contributed by atoms with Gasteiger partial charge in [0.05, 0.1) is 5.02 Å². The minimum atomic E-state index is -0.366. The Balaban J connectivity index is 2.63. The molecule has 0 amide bonds. The van der Waals surface area contributed by atoms with Gasteiger partial charge < -0.3 is 5.32 Å². The monoisotopic (exact) mass is 201 g/mol. The van der Waals surface area contributed by atoms with Crippen LogP contribution >= 0.6 is 11.6 Å². The zero-order chi connectivity index (χ0) is 9.84. The van der Waals surface area contributed by atoms with E-state index >= 15 is 0 Å². The zero-order valence-electron chi connectivity index (χ0n) is 7.77. The van der Waals surface area contributed by atoms with Crippen LogP contribution in [0.3, 0.4) is 0 Å². The Kier molecular flexibility index (Phi) is 3.70. The van der Waals surface area contributed by atoms with Gasteiger partial charge in [0.2, 0.25) is 0 Å². The summed E-state index contributed by atoms with van der Waals surface area (Å²) in [7, 11) is 0. The average Bonchev–Trinajstić information content (AvgIpc) is 2.07.